The molecule has 2 amide bonds. The van der Waals surface area contributed by atoms with Crippen molar-refractivity contribution in [2.45, 2.75) is 18.7 Å². The van der Waals surface area contributed by atoms with Crippen LogP contribution in [0.3, 0.4) is 0 Å². The molecule has 0 atom stereocenters. The molecule has 4 aromatic rings. The van der Waals surface area contributed by atoms with Gasteiger partial charge in [-0.15, -0.1) is 11.8 Å². The zero-order valence-electron chi connectivity index (χ0n) is 22.3. The van der Waals surface area contributed by atoms with Crippen LogP contribution in [-0.2, 0) is 4.79 Å². The molecule has 0 radical (unpaired) electrons. The molecule has 2 N–H and O–H groups in total. The van der Waals surface area contributed by atoms with Crippen LogP contribution in [0, 0.1) is 6.92 Å². The van der Waals surface area contributed by atoms with Gasteiger partial charge in [-0.2, -0.15) is 0 Å². The first kappa shape index (κ1) is 28.4. The van der Waals surface area contributed by atoms with Crippen LogP contribution in [0.2, 0.25) is 0 Å². The molecule has 6 nitrogen and oxygen atoms in total. The Bertz CT molecular complexity index is 1500. The molecule has 0 aliphatic rings. The van der Waals surface area contributed by atoms with E-state index in [2.05, 4.69) is 10.6 Å². The van der Waals surface area contributed by atoms with Crippen molar-refractivity contribution >= 4 is 41.1 Å². The number of thioether (sulfide) groups is 1. The second-order valence-electron chi connectivity index (χ2n) is 8.94. The predicted octanol–water partition coefficient (Wildman–Crippen LogP) is 6.78. The molecule has 0 fully saturated rings. The van der Waals surface area contributed by atoms with E-state index in [1.807, 2.05) is 56.3 Å². The van der Waals surface area contributed by atoms with Crippen molar-refractivity contribution in [2.24, 2.45) is 0 Å². The van der Waals surface area contributed by atoms with E-state index < -0.39 is 5.91 Å². The highest BCUT2D eigenvalue weighted by molar-refractivity contribution is 8.00. The SMILES string of the molecule is CCOc1ccc(C(=O)CSc2cccc(NC(=O)/C(=C/c3ccc(C)cc3)NC(=O)c3ccccc3)c2)cc1. The molecule has 0 bridgehead atoms. The number of carbonyl (C=O) groups is 3. The summed E-state index contributed by atoms with van der Waals surface area (Å²) in [5, 5.41) is 5.63. The number of nitrogens with one attached hydrogen (secondary N) is 2. The number of benzene rings is 4. The van der Waals surface area contributed by atoms with Gasteiger partial charge in [0.05, 0.1) is 12.4 Å². The molecule has 4 rings (SSSR count). The van der Waals surface area contributed by atoms with Crippen LogP contribution < -0.4 is 15.4 Å². The van der Waals surface area contributed by atoms with Gasteiger partial charge in [-0.05, 0) is 80.1 Å². The van der Waals surface area contributed by atoms with Crippen LogP contribution >= 0.6 is 11.8 Å². The van der Waals surface area contributed by atoms with E-state index in [0.29, 0.717) is 23.4 Å². The molecule has 202 valence electrons. The van der Waals surface area contributed by atoms with Crippen LogP contribution in [0.15, 0.2) is 114 Å². The fraction of sp³-hybridized carbons (Fsp3) is 0.121. The number of rotatable bonds is 11. The lowest BCUT2D eigenvalue weighted by molar-refractivity contribution is -0.113. The molecule has 4 aromatic carbocycles. The third kappa shape index (κ3) is 8.19. The summed E-state index contributed by atoms with van der Waals surface area (Å²) < 4.78 is 5.43. The molecule has 7 heteroatoms. The first-order chi connectivity index (χ1) is 19.4. The normalized spacial score (nSPS) is 11.0. The number of ketones is 1. The summed E-state index contributed by atoms with van der Waals surface area (Å²) in [5.41, 5.74) is 3.59. The van der Waals surface area contributed by atoms with Gasteiger partial charge >= 0.3 is 0 Å². The topological polar surface area (TPSA) is 84.5 Å². The minimum atomic E-state index is -0.461. The van der Waals surface area contributed by atoms with Crippen molar-refractivity contribution in [3.8, 4) is 5.75 Å². The number of aryl methyl sites for hydroxylation is 1. The summed E-state index contributed by atoms with van der Waals surface area (Å²) in [6, 6.07) is 30.7. The summed E-state index contributed by atoms with van der Waals surface area (Å²) in [6.07, 6.45) is 1.64. The van der Waals surface area contributed by atoms with Gasteiger partial charge in [0.15, 0.2) is 5.78 Å². The lowest BCUT2D eigenvalue weighted by Crippen LogP contribution is -2.30. The van der Waals surface area contributed by atoms with Crippen molar-refractivity contribution in [1.29, 1.82) is 0 Å². The first-order valence-electron chi connectivity index (χ1n) is 12.9. The van der Waals surface area contributed by atoms with Gasteiger partial charge in [-0.1, -0.05) is 54.1 Å². The van der Waals surface area contributed by atoms with Crippen LogP contribution in [-0.4, -0.2) is 30.0 Å². The average Bonchev–Trinajstić information content (AvgIpc) is 2.98. The van der Waals surface area contributed by atoms with Crippen molar-refractivity contribution in [2.75, 3.05) is 17.7 Å². The standard InChI is InChI=1S/C33H30N2O4S/c1-3-39-28-18-16-25(17-19-28)31(36)22-40-29-11-7-10-27(21-29)34-33(38)30(20-24-14-12-23(2)13-15-24)35-32(37)26-8-5-4-6-9-26/h4-21H,3,22H2,1-2H3,(H,34,38)(H,35,37)/b30-20-. The second kappa shape index (κ2) is 14.0. The third-order valence-corrected chi connectivity index (χ3v) is 6.86. The van der Waals surface area contributed by atoms with Gasteiger partial charge in [-0.3, -0.25) is 14.4 Å². The van der Waals surface area contributed by atoms with Crippen LogP contribution in [0.25, 0.3) is 6.08 Å². The van der Waals surface area contributed by atoms with Crippen molar-refractivity contribution in [1.82, 2.24) is 5.32 Å². The van der Waals surface area contributed by atoms with Crippen LogP contribution in [0.4, 0.5) is 5.69 Å². The number of anilines is 1. The summed E-state index contributed by atoms with van der Waals surface area (Å²) in [6.45, 7) is 4.46. The monoisotopic (exact) mass is 550 g/mol. The molecular weight excluding hydrogens is 520 g/mol. The fourth-order valence-corrected chi connectivity index (χ4v) is 4.62. The lowest BCUT2D eigenvalue weighted by Gasteiger charge is -2.12. The number of Topliss-reactive ketones (excluding diaryl/α,β-unsaturated/α-hetero) is 1. The molecule has 0 spiro atoms. The van der Waals surface area contributed by atoms with Gasteiger partial charge in [0.25, 0.3) is 11.8 Å². The van der Waals surface area contributed by atoms with Gasteiger partial charge in [0.1, 0.15) is 11.4 Å². The maximum absolute atomic E-state index is 13.3. The van der Waals surface area contributed by atoms with Crippen LogP contribution in [0.1, 0.15) is 38.8 Å². The molecule has 0 saturated heterocycles. The number of hydrogen-bond acceptors (Lipinski definition) is 5. The Morgan fingerprint density at radius 1 is 0.825 bits per heavy atom. The van der Waals surface area contributed by atoms with E-state index in [1.54, 1.807) is 66.7 Å². The summed E-state index contributed by atoms with van der Waals surface area (Å²) >= 11 is 1.38. The van der Waals surface area contributed by atoms with Gasteiger partial charge < -0.3 is 15.4 Å². The Hall–Kier alpha value is -4.62. The minimum Gasteiger partial charge on any atom is -0.494 e. The Morgan fingerprint density at radius 3 is 2.25 bits per heavy atom. The predicted molar refractivity (Wildman–Crippen MR) is 161 cm³/mol. The Morgan fingerprint density at radius 2 is 1.55 bits per heavy atom. The van der Waals surface area contributed by atoms with Crippen LogP contribution in [0.5, 0.6) is 5.75 Å². The summed E-state index contributed by atoms with van der Waals surface area (Å²) in [5.74, 6) is 0.126. The Kier molecular flexibility index (Phi) is 9.91. The van der Waals surface area contributed by atoms with E-state index in [1.165, 1.54) is 11.8 Å². The van der Waals surface area contributed by atoms with Gasteiger partial charge in [-0.25, -0.2) is 0 Å². The highest BCUT2D eigenvalue weighted by Crippen LogP contribution is 2.24. The van der Waals surface area contributed by atoms with E-state index in [0.717, 1.165) is 21.8 Å². The van der Waals surface area contributed by atoms with Gasteiger partial charge in [0.2, 0.25) is 0 Å². The van der Waals surface area contributed by atoms with Crippen molar-refractivity contribution < 1.29 is 19.1 Å². The van der Waals surface area contributed by atoms with Crippen molar-refractivity contribution in [3.63, 3.8) is 0 Å². The van der Waals surface area contributed by atoms with E-state index in [-0.39, 0.29) is 23.1 Å². The maximum atomic E-state index is 13.3. The first-order valence-corrected chi connectivity index (χ1v) is 13.8. The molecule has 0 unspecified atom stereocenters. The number of ether oxygens (including phenoxy) is 1. The number of carbonyl (C=O) groups excluding carboxylic acids is 3. The Labute approximate surface area is 238 Å². The Balaban J connectivity index is 1.45. The molecule has 0 aliphatic carbocycles. The number of hydrogen-bond donors (Lipinski definition) is 2. The molecule has 0 aromatic heterocycles. The lowest BCUT2D eigenvalue weighted by atomic mass is 10.1. The maximum Gasteiger partial charge on any atom is 0.272 e. The van der Waals surface area contributed by atoms with E-state index in [9.17, 15) is 14.4 Å². The largest absolute Gasteiger partial charge is 0.494 e. The fourth-order valence-electron chi connectivity index (χ4n) is 3.77. The molecular formula is C33H30N2O4S. The zero-order chi connectivity index (χ0) is 28.3. The molecule has 40 heavy (non-hydrogen) atoms. The highest BCUT2D eigenvalue weighted by atomic mass is 32.2. The third-order valence-electron chi connectivity index (χ3n) is 5.87. The summed E-state index contributed by atoms with van der Waals surface area (Å²) in [4.78, 5) is 39.7. The molecule has 0 heterocycles. The second-order valence-corrected chi connectivity index (χ2v) is 9.99. The smallest absolute Gasteiger partial charge is 0.272 e. The van der Waals surface area contributed by atoms with E-state index in [4.69, 9.17) is 4.74 Å². The minimum absolute atomic E-state index is 0.00516. The van der Waals surface area contributed by atoms with Crippen molar-refractivity contribution in [3.05, 3.63) is 131 Å². The molecule has 0 saturated carbocycles. The number of amides is 2. The highest BCUT2D eigenvalue weighted by Gasteiger charge is 2.16. The molecule has 0 aliphatic heterocycles. The van der Waals surface area contributed by atoms with Gasteiger partial charge in [0, 0.05) is 21.7 Å². The van der Waals surface area contributed by atoms with E-state index >= 15 is 0 Å². The quantitative estimate of drug-likeness (QED) is 0.122. The average molecular weight is 551 g/mol. The summed E-state index contributed by atoms with van der Waals surface area (Å²) in [7, 11) is 0. The zero-order valence-corrected chi connectivity index (χ0v) is 23.2.